The van der Waals surface area contributed by atoms with Gasteiger partial charge in [0.15, 0.2) is 0 Å². The van der Waals surface area contributed by atoms with Crippen molar-refractivity contribution in [1.82, 2.24) is 15.0 Å². The third-order valence-electron chi connectivity index (χ3n) is 2.53. The van der Waals surface area contributed by atoms with E-state index in [-0.39, 0.29) is 39.2 Å². The van der Waals surface area contributed by atoms with Crippen molar-refractivity contribution >= 4 is 51.4 Å². The number of anilines is 2. The van der Waals surface area contributed by atoms with Crippen LogP contribution in [0.15, 0.2) is 0 Å². The van der Waals surface area contributed by atoms with Crippen LogP contribution in [0, 0.1) is 17.0 Å². The van der Waals surface area contributed by atoms with Crippen LogP contribution >= 0.6 is 34.5 Å². The fourth-order valence-electron chi connectivity index (χ4n) is 1.73. The van der Waals surface area contributed by atoms with Crippen molar-refractivity contribution in [1.29, 1.82) is 0 Å². The molecule has 2 heterocycles. The Morgan fingerprint density at radius 3 is 2.55 bits per heavy atom. The molecule has 0 aliphatic carbocycles. The number of nitrogens with zero attached hydrogens (tertiary/aromatic N) is 4. The molecule has 2 aromatic heterocycles. The summed E-state index contributed by atoms with van der Waals surface area (Å²) in [6.45, 7) is 3.34. The highest BCUT2D eigenvalue weighted by atomic mass is 35.5. The average molecular weight is 365 g/mol. The summed E-state index contributed by atoms with van der Waals surface area (Å²) in [7, 11) is 0. The Labute approximate surface area is 140 Å². The van der Waals surface area contributed by atoms with E-state index in [4.69, 9.17) is 28.9 Å². The van der Waals surface area contributed by atoms with E-state index < -0.39 is 11.0 Å². The van der Waals surface area contributed by atoms with E-state index in [1.165, 1.54) is 0 Å². The van der Waals surface area contributed by atoms with Gasteiger partial charge in [-0.3, -0.25) is 10.1 Å². The Kier molecular flexibility index (Phi) is 5.86. The van der Waals surface area contributed by atoms with E-state index in [0.717, 1.165) is 11.3 Å². The number of nitrogens with two attached hydrogens (primary N) is 1. The van der Waals surface area contributed by atoms with E-state index in [9.17, 15) is 10.1 Å². The maximum Gasteiger partial charge on any atom is 0.332 e. The maximum atomic E-state index is 11.1. The summed E-state index contributed by atoms with van der Waals surface area (Å²) in [5.74, 6) is 0.697. The fraction of sp³-hybridized carbons (Fsp3) is 0.364. The molecule has 0 saturated carbocycles. The lowest BCUT2D eigenvalue weighted by Crippen LogP contribution is -2.12. The Hall–Kier alpha value is -1.71. The van der Waals surface area contributed by atoms with Gasteiger partial charge in [-0.1, -0.05) is 30.6 Å². The van der Waals surface area contributed by atoms with Crippen LogP contribution in [0.4, 0.5) is 16.9 Å². The van der Waals surface area contributed by atoms with Gasteiger partial charge in [-0.2, -0.15) is 15.0 Å². The summed E-state index contributed by atoms with van der Waals surface area (Å²) in [6, 6.07) is -0.525. The molecule has 0 saturated heterocycles. The number of halogens is 2. The van der Waals surface area contributed by atoms with Crippen molar-refractivity contribution in [3.63, 3.8) is 0 Å². The molecule has 0 fully saturated rings. The Morgan fingerprint density at radius 1 is 1.36 bits per heavy atom. The largest absolute Gasteiger partial charge is 0.368 e. The summed E-state index contributed by atoms with van der Waals surface area (Å²) in [4.78, 5) is 22.3. The quantitative estimate of drug-likeness (QED) is 0.624. The monoisotopic (exact) mass is 364 g/mol. The number of rotatable bonds is 4. The number of hydrogen-bond donors (Lipinski definition) is 2. The van der Waals surface area contributed by atoms with Crippen molar-refractivity contribution in [3.05, 3.63) is 30.9 Å². The third-order valence-corrected chi connectivity index (χ3v) is 4.50. The number of thiophene rings is 1. The smallest absolute Gasteiger partial charge is 0.332 e. The molecule has 1 unspecified atom stereocenters. The standard InChI is InChI=1S/C10H10Cl2N6O2S.CH4/c1-3(14-10-16-4(2)15-9(13)17-10)5-6(11)7(12)21-8(5)18(19)20;/h3H,1-2H3,(H3,13,14,15,16,17);1H4. The van der Waals surface area contributed by atoms with E-state index in [2.05, 4.69) is 20.3 Å². The van der Waals surface area contributed by atoms with Gasteiger partial charge in [0.1, 0.15) is 10.2 Å². The molecule has 1 atom stereocenters. The second-order valence-corrected chi connectivity index (χ2v) is 6.08. The summed E-state index contributed by atoms with van der Waals surface area (Å²) < 4.78 is 0.165. The van der Waals surface area contributed by atoms with Crippen molar-refractivity contribution in [3.8, 4) is 0 Å². The first-order chi connectivity index (χ1) is 9.79. The molecule has 2 rings (SSSR count). The maximum absolute atomic E-state index is 11.1. The number of nitrogens with one attached hydrogen (secondary N) is 1. The molecule has 120 valence electrons. The van der Waals surface area contributed by atoms with Crippen molar-refractivity contribution in [2.75, 3.05) is 11.1 Å². The molecule has 0 aliphatic heterocycles. The Balaban J connectivity index is 0.00000242. The van der Waals surface area contributed by atoms with E-state index in [1.807, 2.05) is 0 Å². The predicted octanol–water partition coefficient (Wildman–Crippen LogP) is 3.85. The SMILES string of the molecule is C.Cc1nc(N)nc(NC(C)c2c([N+](=O)[O-])sc(Cl)c2Cl)n1. The molecular weight excluding hydrogens is 351 g/mol. The molecule has 0 amide bonds. The zero-order valence-corrected chi connectivity index (χ0v) is 13.3. The van der Waals surface area contributed by atoms with Gasteiger partial charge in [0.05, 0.1) is 21.6 Å². The van der Waals surface area contributed by atoms with Gasteiger partial charge in [0.25, 0.3) is 0 Å². The lowest BCUT2D eigenvalue weighted by atomic mass is 10.1. The van der Waals surface area contributed by atoms with Gasteiger partial charge in [-0.05, 0) is 25.2 Å². The van der Waals surface area contributed by atoms with Crippen LogP contribution in [0.3, 0.4) is 0 Å². The van der Waals surface area contributed by atoms with Crippen LogP contribution in [-0.4, -0.2) is 19.9 Å². The summed E-state index contributed by atoms with van der Waals surface area (Å²) in [6.07, 6.45) is 0. The Bertz CT molecular complexity index is 688. The highest BCUT2D eigenvalue weighted by Crippen LogP contribution is 2.45. The fourth-order valence-corrected chi connectivity index (χ4v) is 3.31. The lowest BCUT2D eigenvalue weighted by molar-refractivity contribution is -0.380. The molecule has 0 aromatic carbocycles. The van der Waals surface area contributed by atoms with Crippen molar-refractivity contribution < 1.29 is 4.92 Å². The second kappa shape index (κ2) is 7.03. The van der Waals surface area contributed by atoms with Gasteiger partial charge in [0.2, 0.25) is 11.9 Å². The molecule has 11 heteroatoms. The minimum atomic E-state index is -0.525. The van der Waals surface area contributed by atoms with Gasteiger partial charge in [0, 0.05) is 0 Å². The summed E-state index contributed by atoms with van der Waals surface area (Å²) in [5.41, 5.74) is 5.82. The summed E-state index contributed by atoms with van der Waals surface area (Å²) in [5, 5.41) is 14.0. The zero-order chi connectivity index (χ0) is 15.7. The molecule has 8 nitrogen and oxygen atoms in total. The highest BCUT2D eigenvalue weighted by Gasteiger charge is 2.28. The van der Waals surface area contributed by atoms with Crippen LogP contribution in [0.1, 0.15) is 31.8 Å². The molecule has 0 bridgehead atoms. The van der Waals surface area contributed by atoms with Gasteiger partial charge in [-0.25, -0.2) is 0 Å². The number of hydrogen-bond acceptors (Lipinski definition) is 8. The van der Waals surface area contributed by atoms with Crippen molar-refractivity contribution in [2.24, 2.45) is 0 Å². The summed E-state index contributed by atoms with van der Waals surface area (Å²) >= 11 is 12.7. The molecule has 0 spiro atoms. The Morgan fingerprint density at radius 2 is 2.00 bits per heavy atom. The normalized spacial score (nSPS) is 11.6. The van der Waals surface area contributed by atoms with Crippen LogP contribution < -0.4 is 11.1 Å². The van der Waals surface area contributed by atoms with Crippen LogP contribution in [-0.2, 0) is 0 Å². The second-order valence-electron chi connectivity index (χ2n) is 4.10. The first kappa shape index (κ1) is 18.3. The minimum Gasteiger partial charge on any atom is -0.368 e. The van der Waals surface area contributed by atoms with Gasteiger partial charge >= 0.3 is 5.00 Å². The minimum absolute atomic E-state index is 0. The first-order valence-electron chi connectivity index (χ1n) is 5.66. The lowest BCUT2D eigenvalue weighted by Gasteiger charge is -2.13. The molecule has 0 aliphatic rings. The van der Waals surface area contributed by atoms with Crippen molar-refractivity contribution in [2.45, 2.75) is 27.3 Å². The molecule has 3 N–H and O–H groups in total. The molecule has 2 aromatic rings. The highest BCUT2D eigenvalue weighted by molar-refractivity contribution is 7.20. The predicted molar refractivity (Wildman–Crippen MR) is 88.7 cm³/mol. The van der Waals surface area contributed by atoms with E-state index in [0.29, 0.717) is 5.82 Å². The topological polar surface area (TPSA) is 120 Å². The van der Waals surface area contributed by atoms with Gasteiger partial charge < -0.3 is 11.1 Å². The molecule has 0 radical (unpaired) electrons. The first-order valence-corrected chi connectivity index (χ1v) is 7.23. The number of aromatic nitrogens is 3. The zero-order valence-electron chi connectivity index (χ0n) is 10.9. The molecular formula is C11H14Cl2N6O2S. The van der Waals surface area contributed by atoms with E-state index >= 15 is 0 Å². The number of nitrogen functional groups attached to an aromatic ring is 1. The van der Waals surface area contributed by atoms with Crippen LogP contribution in [0.2, 0.25) is 9.36 Å². The average Bonchev–Trinajstić information content (AvgIpc) is 2.64. The number of nitro groups is 1. The third kappa shape index (κ3) is 3.73. The van der Waals surface area contributed by atoms with E-state index in [1.54, 1.807) is 13.8 Å². The van der Waals surface area contributed by atoms with Crippen LogP contribution in [0.5, 0.6) is 0 Å². The number of aryl methyl sites for hydroxylation is 1. The molecule has 22 heavy (non-hydrogen) atoms. The van der Waals surface area contributed by atoms with Crippen LogP contribution in [0.25, 0.3) is 0 Å². The van der Waals surface area contributed by atoms with Gasteiger partial charge in [-0.15, -0.1) is 0 Å².